The molecule has 10 bridgehead atoms. The number of aliphatic imine (C=N–C) groups is 1. The van der Waals surface area contributed by atoms with Crippen LogP contribution in [-0.4, -0.2) is 127 Å². The fraction of sp³-hybridized carbons (Fsp3) is 0.463. The van der Waals surface area contributed by atoms with Gasteiger partial charge in [-0.05, 0) is 135 Å². The molecule has 0 heterocycles. The number of quaternary nitrogens is 1. The molecule has 0 atom stereocenters. The van der Waals surface area contributed by atoms with Crippen molar-refractivity contribution in [2.24, 2.45) is 4.99 Å². The Kier molecular flexibility index (Phi) is 28.2. The summed E-state index contributed by atoms with van der Waals surface area (Å²) in [5, 5.41) is 10.6. The van der Waals surface area contributed by atoms with Gasteiger partial charge in [-0.1, -0.05) is 70.6 Å². The summed E-state index contributed by atoms with van der Waals surface area (Å²) in [6.07, 6.45) is 22.8. The quantitative estimate of drug-likeness (QED) is 0.0226. The Morgan fingerprint density at radius 2 is 0.579 bits per heavy atom. The second-order valence-corrected chi connectivity index (χ2v) is 25.7. The molecule has 0 unspecified atom stereocenters. The lowest BCUT2D eigenvalue weighted by Crippen LogP contribution is -2.35. The Hall–Kier alpha value is -8.43. The number of aromatic hydroxyl groups is 1. The number of ether oxygens (including phenoxy) is 12. The van der Waals surface area contributed by atoms with Crippen molar-refractivity contribution in [3.8, 4) is 74.7 Å². The molecular formula is C80H105N2O13+. The third-order valence-electron chi connectivity index (χ3n) is 17.8. The lowest BCUT2D eigenvalue weighted by molar-refractivity contribution is -0.870. The van der Waals surface area contributed by atoms with Crippen LogP contribution in [0.25, 0.3) is 0 Å². The van der Waals surface area contributed by atoms with Crippen LogP contribution in [0.15, 0.2) is 108 Å². The summed E-state index contributed by atoms with van der Waals surface area (Å²) in [6.45, 7) is 3.13. The van der Waals surface area contributed by atoms with E-state index in [4.69, 9.17) is 56.8 Å². The molecule has 95 heavy (non-hydrogen) atoms. The molecule has 0 saturated carbocycles. The molecule has 0 saturated heterocycles. The summed E-state index contributed by atoms with van der Waals surface area (Å²) >= 11 is 0. The highest BCUT2D eigenvalue weighted by Crippen LogP contribution is 2.43. The minimum absolute atomic E-state index is 0.171. The second-order valence-electron chi connectivity index (χ2n) is 25.7. The largest absolute Gasteiger partial charge is 0.507 e. The van der Waals surface area contributed by atoms with Crippen molar-refractivity contribution >= 4 is 11.9 Å². The highest BCUT2D eigenvalue weighted by molar-refractivity contribution is 5.86. The standard InChI is InChI=1S/C80H104N2O13/c1-82(2,3)35-25-21-17-13-14-18-23-27-37-94-69-33-34-70(83)66(44-69)55-81-67-29-31-68(32-30-67)93-36-26-22-19-15-16-20-24-28-38-95-80-54-64-42-62-51-75(88-8)60(49-76(62)89-9)40-58-47-71(84-4)56(45-72(58)85-5)39-57-46-74(87-7)59(48-73(57)86-6)41-61-50-78(91-11)63(52-77(61)90-10)43-65(80)53-79(64)92-12/h29-34,44-55H,13-28,35-43H2,1-12H3/p+1. The fourth-order valence-corrected chi connectivity index (χ4v) is 12.5. The van der Waals surface area contributed by atoms with Crippen molar-refractivity contribution in [1.29, 1.82) is 0 Å². The van der Waals surface area contributed by atoms with E-state index < -0.39 is 0 Å². The molecule has 0 aliphatic heterocycles. The predicted octanol–water partition coefficient (Wildman–Crippen LogP) is 17.3. The van der Waals surface area contributed by atoms with Gasteiger partial charge in [-0.3, -0.25) is 4.99 Å². The summed E-state index contributed by atoms with van der Waals surface area (Å²) in [5.74, 6) is 8.94. The van der Waals surface area contributed by atoms with Crippen LogP contribution in [0.2, 0.25) is 0 Å². The van der Waals surface area contributed by atoms with Crippen LogP contribution in [0.3, 0.4) is 0 Å². The Labute approximate surface area is 566 Å². The van der Waals surface area contributed by atoms with Crippen molar-refractivity contribution in [2.45, 2.75) is 135 Å². The van der Waals surface area contributed by atoms with Gasteiger partial charge < -0.3 is 66.4 Å². The van der Waals surface area contributed by atoms with Crippen molar-refractivity contribution in [1.82, 2.24) is 0 Å². The van der Waals surface area contributed by atoms with E-state index in [1.807, 2.05) is 66.7 Å². The molecule has 512 valence electrons. The van der Waals surface area contributed by atoms with E-state index in [1.54, 1.807) is 76.3 Å². The molecule has 1 N–H and O–H groups in total. The Balaban J connectivity index is 0.858. The van der Waals surface area contributed by atoms with Crippen LogP contribution in [0.4, 0.5) is 5.69 Å². The van der Waals surface area contributed by atoms with E-state index in [9.17, 15) is 5.11 Å². The van der Waals surface area contributed by atoms with Crippen LogP contribution in [0.1, 0.15) is 164 Å². The zero-order valence-corrected chi connectivity index (χ0v) is 58.8. The molecule has 15 nitrogen and oxygen atoms in total. The average molecular weight is 1300 g/mol. The van der Waals surface area contributed by atoms with Gasteiger partial charge in [0.1, 0.15) is 74.7 Å². The first kappa shape index (κ1) is 72.4. The van der Waals surface area contributed by atoms with Gasteiger partial charge in [-0.25, -0.2) is 0 Å². The molecular weight excluding hydrogens is 1200 g/mol. The predicted molar refractivity (Wildman–Crippen MR) is 380 cm³/mol. The van der Waals surface area contributed by atoms with Crippen molar-refractivity contribution in [3.05, 3.63) is 164 Å². The lowest BCUT2D eigenvalue weighted by Gasteiger charge is -2.23. The molecule has 15 heteroatoms. The number of benzene rings is 7. The van der Waals surface area contributed by atoms with Gasteiger partial charge in [0.25, 0.3) is 0 Å². The van der Waals surface area contributed by atoms with Crippen LogP contribution < -0.4 is 56.8 Å². The third-order valence-corrected chi connectivity index (χ3v) is 17.8. The molecule has 7 aromatic carbocycles. The summed E-state index contributed by atoms with van der Waals surface area (Å²) in [6, 6.07) is 33.7. The highest BCUT2D eigenvalue weighted by atomic mass is 16.5. The summed E-state index contributed by atoms with van der Waals surface area (Å²) in [4.78, 5) is 4.63. The summed E-state index contributed by atoms with van der Waals surface area (Å²) < 4.78 is 75.2. The van der Waals surface area contributed by atoms with Crippen LogP contribution in [-0.2, 0) is 32.1 Å². The van der Waals surface area contributed by atoms with E-state index in [1.165, 1.54) is 57.9 Å². The van der Waals surface area contributed by atoms with Crippen LogP contribution in [0, 0.1) is 0 Å². The van der Waals surface area contributed by atoms with Crippen LogP contribution >= 0.6 is 0 Å². The maximum Gasteiger partial charge on any atom is 0.124 e. The van der Waals surface area contributed by atoms with Crippen LogP contribution in [0.5, 0.6) is 74.7 Å². The maximum absolute atomic E-state index is 10.6. The lowest BCUT2D eigenvalue weighted by atomic mass is 9.94. The normalized spacial score (nSPS) is 12.2. The van der Waals surface area contributed by atoms with Gasteiger partial charge in [0.2, 0.25) is 0 Å². The molecule has 0 fully saturated rings. The van der Waals surface area contributed by atoms with Gasteiger partial charge in [0.15, 0.2) is 0 Å². The minimum Gasteiger partial charge on any atom is -0.507 e. The topological polar surface area (TPSA) is 143 Å². The first-order valence-electron chi connectivity index (χ1n) is 34.0. The zero-order valence-electron chi connectivity index (χ0n) is 58.8. The van der Waals surface area contributed by atoms with Gasteiger partial charge in [-0.15, -0.1) is 0 Å². The Bertz CT molecular complexity index is 3570. The number of phenolic OH excluding ortho intramolecular Hbond substituents is 1. The smallest absolute Gasteiger partial charge is 0.124 e. The SMILES string of the molecule is COc1cc2c(OC)cc1Cc1cc(OC)c(cc1OC)Cc1cc(OC)c(cc1OC)Cc1cc(OC)c(cc1OCCCCCCCCCCOc1ccc(N=Cc3cc(OCCCCCCCCCC[N+](C)(C)C)ccc3O)cc1)Cc1cc(OC)c(cc1OC)C2. The molecule has 0 aromatic heterocycles. The summed E-state index contributed by atoms with van der Waals surface area (Å²) in [7, 11) is 22.0. The van der Waals surface area contributed by atoms with Gasteiger partial charge >= 0.3 is 0 Å². The van der Waals surface area contributed by atoms with E-state index in [2.05, 4.69) is 56.5 Å². The van der Waals surface area contributed by atoms with E-state index in [0.717, 1.165) is 146 Å². The maximum atomic E-state index is 10.6. The zero-order chi connectivity index (χ0) is 67.5. The number of nitrogens with zero attached hydrogens (tertiary/aromatic N) is 2. The van der Waals surface area contributed by atoms with Gasteiger partial charge in [0, 0.05) is 99.5 Å². The number of phenols is 1. The molecule has 17 rings (SSSR count). The number of hydrogen-bond acceptors (Lipinski definition) is 14. The average Bonchev–Trinajstić information content (AvgIpc) is 1.12. The Morgan fingerprint density at radius 1 is 0.316 bits per heavy atom. The van der Waals surface area contributed by atoms with Crippen molar-refractivity contribution < 1.29 is 66.4 Å². The second kappa shape index (κ2) is 37.0. The molecule has 7 aromatic rings. The van der Waals surface area contributed by atoms with E-state index in [0.29, 0.717) is 97.7 Å². The van der Waals surface area contributed by atoms with Crippen molar-refractivity contribution in [3.63, 3.8) is 0 Å². The van der Waals surface area contributed by atoms with E-state index in [-0.39, 0.29) is 5.75 Å². The minimum atomic E-state index is 0.171. The van der Waals surface area contributed by atoms with Gasteiger partial charge in [0.05, 0.1) is 117 Å². The van der Waals surface area contributed by atoms with Gasteiger partial charge in [-0.2, -0.15) is 0 Å². The first-order chi connectivity index (χ1) is 46.2. The molecule has 0 amide bonds. The van der Waals surface area contributed by atoms with Crippen molar-refractivity contribution in [2.75, 3.05) is 111 Å². The number of methoxy groups -OCH3 is 9. The molecule has 0 spiro atoms. The number of unbranched alkanes of at least 4 members (excludes halogenated alkanes) is 14. The molecule has 0 radical (unpaired) electrons. The highest BCUT2D eigenvalue weighted by Gasteiger charge is 2.24. The number of rotatable bonds is 36. The molecule has 10 aliphatic rings. The monoisotopic (exact) mass is 1300 g/mol. The number of hydrogen-bond donors (Lipinski definition) is 1. The first-order valence-corrected chi connectivity index (χ1v) is 34.0. The third kappa shape index (κ3) is 21.3. The van der Waals surface area contributed by atoms with E-state index >= 15 is 0 Å². The summed E-state index contributed by atoms with van der Waals surface area (Å²) in [5.41, 5.74) is 10.7. The molecule has 10 aliphatic carbocycles. The Morgan fingerprint density at radius 3 is 0.895 bits per heavy atom. The fourth-order valence-electron chi connectivity index (χ4n) is 12.5.